The summed E-state index contributed by atoms with van der Waals surface area (Å²) in [5, 5.41) is 11.8. The fourth-order valence-corrected chi connectivity index (χ4v) is 2.95. The number of hydrogen-bond donors (Lipinski definition) is 5. The van der Waals surface area contributed by atoms with Crippen LogP contribution in [0.5, 0.6) is 5.75 Å². The number of ether oxygens (including phenoxy) is 1. The molecule has 38 heavy (non-hydrogen) atoms. The molecule has 15 heteroatoms. The highest BCUT2D eigenvalue weighted by Gasteiger charge is 2.10. The van der Waals surface area contributed by atoms with Crippen LogP contribution in [0.4, 0.5) is 5.69 Å². The van der Waals surface area contributed by atoms with E-state index in [1.807, 2.05) is 42.5 Å². The molecule has 3 aromatic rings. The fourth-order valence-electron chi connectivity index (χ4n) is 2.95. The summed E-state index contributed by atoms with van der Waals surface area (Å²) in [6.45, 7) is 1.60. The monoisotopic (exact) mass is 565 g/mol. The first-order valence-corrected chi connectivity index (χ1v) is 14.4. The number of carbonyl (C=O) groups is 1. The Labute approximate surface area is 219 Å². The van der Waals surface area contributed by atoms with E-state index in [-0.39, 0.29) is 0 Å². The van der Waals surface area contributed by atoms with Crippen LogP contribution in [0.25, 0.3) is 10.8 Å². The molecule has 3 aromatic carbocycles. The molecule has 0 unspecified atom stereocenters. The van der Waals surface area contributed by atoms with Crippen molar-refractivity contribution in [1.29, 1.82) is 0 Å². The molecule has 0 amide bonds. The molecular formula is C23H27N5O8S2. The van der Waals surface area contributed by atoms with Crippen molar-refractivity contribution in [2.75, 3.05) is 30.9 Å². The summed E-state index contributed by atoms with van der Waals surface area (Å²) in [5.41, 5.74) is 2.24. The van der Waals surface area contributed by atoms with E-state index in [4.69, 9.17) is 19.7 Å². The smallest absolute Gasteiger partial charge is 0.343 e. The zero-order valence-electron chi connectivity index (χ0n) is 20.4. The lowest BCUT2D eigenvalue weighted by molar-refractivity contribution is 0.0735. The van der Waals surface area contributed by atoms with Crippen LogP contribution >= 0.6 is 0 Å². The number of nitrogens with two attached hydrogens (primary N) is 1. The van der Waals surface area contributed by atoms with Crippen LogP contribution in [0.1, 0.15) is 15.9 Å². The molecule has 204 valence electrons. The SMILES string of the molecule is CS(=O)(=O)O.CS(=O)(=O)O.N/N=C/c1ccc2cc(OC(=O)c3ccc(NC4=NCCN4)cc3)ccc2c1. The predicted octanol–water partition coefficient (Wildman–Crippen LogP) is 1.73. The van der Waals surface area contributed by atoms with Gasteiger partial charge in [-0.05, 0) is 58.8 Å². The van der Waals surface area contributed by atoms with Crippen molar-refractivity contribution in [2.45, 2.75) is 0 Å². The Balaban J connectivity index is 0.000000435. The van der Waals surface area contributed by atoms with Crippen molar-refractivity contribution in [3.63, 3.8) is 0 Å². The van der Waals surface area contributed by atoms with Crippen molar-refractivity contribution in [3.8, 4) is 5.75 Å². The van der Waals surface area contributed by atoms with Crippen LogP contribution < -0.4 is 21.2 Å². The maximum absolute atomic E-state index is 12.4. The summed E-state index contributed by atoms with van der Waals surface area (Å²) >= 11 is 0. The Morgan fingerprint density at radius 2 is 1.58 bits per heavy atom. The normalized spacial score (nSPS) is 12.9. The van der Waals surface area contributed by atoms with Gasteiger partial charge in [-0.3, -0.25) is 14.1 Å². The van der Waals surface area contributed by atoms with E-state index in [0.717, 1.165) is 41.1 Å². The summed E-state index contributed by atoms with van der Waals surface area (Å²) in [5.74, 6) is 6.01. The summed E-state index contributed by atoms with van der Waals surface area (Å²) in [4.78, 5) is 16.7. The van der Waals surface area contributed by atoms with Gasteiger partial charge in [0.15, 0.2) is 5.96 Å². The topological polar surface area (TPSA) is 210 Å². The second kappa shape index (κ2) is 13.5. The van der Waals surface area contributed by atoms with Crippen LogP contribution in [-0.4, -0.2) is 69.7 Å². The van der Waals surface area contributed by atoms with Gasteiger partial charge < -0.3 is 21.2 Å². The molecule has 0 radical (unpaired) electrons. The molecule has 1 aliphatic heterocycles. The second-order valence-electron chi connectivity index (χ2n) is 7.76. The molecule has 1 heterocycles. The lowest BCUT2D eigenvalue weighted by atomic mass is 10.1. The number of hydrazone groups is 1. The third-order valence-electron chi connectivity index (χ3n) is 4.33. The van der Waals surface area contributed by atoms with Crippen LogP contribution in [-0.2, 0) is 20.2 Å². The quantitative estimate of drug-likeness (QED) is 0.0768. The van der Waals surface area contributed by atoms with E-state index in [9.17, 15) is 21.6 Å². The highest BCUT2D eigenvalue weighted by Crippen LogP contribution is 2.23. The number of nitrogens with zero attached hydrogens (tertiary/aromatic N) is 2. The third-order valence-corrected chi connectivity index (χ3v) is 4.33. The van der Waals surface area contributed by atoms with Crippen LogP contribution in [0.2, 0.25) is 0 Å². The van der Waals surface area contributed by atoms with Crippen molar-refractivity contribution >= 4 is 54.8 Å². The Morgan fingerprint density at radius 3 is 2.13 bits per heavy atom. The molecule has 0 saturated carbocycles. The second-order valence-corrected chi connectivity index (χ2v) is 10.7. The Morgan fingerprint density at radius 1 is 1.00 bits per heavy atom. The van der Waals surface area contributed by atoms with E-state index in [1.165, 1.54) is 0 Å². The van der Waals surface area contributed by atoms with Crippen molar-refractivity contribution < 1.29 is 35.5 Å². The first-order chi connectivity index (χ1) is 17.7. The third kappa shape index (κ3) is 12.3. The summed E-state index contributed by atoms with van der Waals surface area (Å²) in [7, 11) is -7.33. The highest BCUT2D eigenvalue weighted by atomic mass is 32.2. The van der Waals surface area contributed by atoms with Gasteiger partial charge in [0.05, 0.1) is 30.8 Å². The molecule has 0 bridgehead atoms. The average Bonchev–Trinajstić information content (AvgIpc) is 3.31. The number of fused-ring (bicyclic) bond motifs is 1. The van der Waals surface area contributed by atoms with Gasteiger partial charge in [-0.2, -0.15) is 21.9 Å². The van der Waals surface area contributed by atoms with Crippen molar-refractivity contribution in [1.82, 2.24) is 5.32 Å². The van der Waals surface area contributed by atoms with Gasteiger partial charge >= 0.3 is 5.97 Å². The number of benzene rings is 3. The van der Waals surface area contributed by atoms with Gasteiger partial charge in [-0.15, -0.1) is 0 Å². The minimum Gasteiger partial charge on any atom is -0.423 e. The molecular weight excluding hydrogens is 538 g/mol. The molecule has 0 aliphatic carbocycles. The molecule has 1 aliphatic rings. The van der Waals surface area contributed by atoms with E-state index in [1.54, 1.807) is 24.4 Å². The molecule has 4 rings (SSSR count). The number of carbonyl (C=O) groups excluding carboxylic acids is 1. The van der Waals surface area contributed by atoms with Gasteiger partial charge in [0.1, 0.15) is 5.75 Å². The number of nitrogens with one attached hydrogen (secondary N) is 2. The number of aliphatic imine (C=N–C) groups is 1. The van der Waals surface area contributed by atoms with Gasteiger partial charge in [0.25, 0.3) is 20.2 Å². The number of guanidine groups is 1. The predicted molar refractivity (Wildman–Crippen MR) is 146 cm³/mol. The Bertz CT molecular complexity index is 1490. The molecule has 0 saturated heterocycles. The fraction of sp³-hybridized carbons (Fsp3) is 0.174. The molecule has 0 aromatic heterocycles. The van der Waals surface area contributed by atoms with E-state index in [2.05, 4.69) is 20.7 Å². The number of anilines is 1. The van der Waals surface area contributed by atoms with E-state index < -0.39 is 26.2 Å². The summed E-state index contributed by atoms with van der Waals surface area (Å²) in [6, 6.07) is 18.4. The number of rotatable bonds is 4. The zero-order chi connectivity index (χ0) is 28.3. The van der Waals surface area contributed by atoms with E-state index in [0.29, 0.717) is 23.8 Å². The van der Waals surface area contributed by atoms with Gasteiger partial charge in [0, 0.05) is 12.2 Å². The molecule has 0 atom stereocenters. The number of esters is 1. The van der Waals surface area contributed by atoms with Crippen LogP contribution in [0.3, 0.4) is 0 Å². The van der Waals surface area contributed by atoms with Gasteiger partial charge in [0.2, 0.25) is 0 Å². The maximum Gasteiger partial charge on any atom is 0.343 e. The molecule has 0 fully saturated rings. The van der Waals surface area contributed by atoms with Gasteiger partial charge in [-0.1, -0.05) is 18.2 Å². The minimum absolute atomic E-state index is 0.408. The first kappa shape index (κ1) is 30.2. The molecule has 13 nitrogen and oxygen atoms in total. The van der Waals surface area contributed by atoms with Gasteiger partial charge in [-0.25, -0.2) is 4.79 Å². The van der Waals surface area contributed by atoms with Crippen molar-refractivity contribution in [2.24, 2.45) is 15.9 Å². The highest BCUT2D eigenvalue weighted by molar-refractivity contribution is 7.85. The number of hydrogen-bond acceptors (Lipinski definition) is 11. The zero-order valence-corrected chi connectivity index (χ0v) is 22.0. The Hall–Kier alpha value is -4.05. The van der Waals surface area contributed by atoms with Crippen LogP contribution in [0, 0.1) is 0 Å². The molecule has 0 spiro atoms. The lowest BCUT2D eigenvalue weighted by Gasteiger charge is -2.08. The van der Waals surface area contributed by atoms with Crippen LogP contribution in [0.15, 0.2) is 70.8 Å². The molecule has 6 N–H and O–H groups in total. The van der Waals surface area contributed by atoms with E-state index >= 15 is 0 Å². The first-order valence-electron chi connectivity index (χ1n) is 10.7. The maximum atomic E-state index is 12.4. The minimum atomic E-state index is -3.67. The Kier molecular flexibility index (Phi) is 10.7. The van der Waals surface area contributed by atoms with Crippen molar-refractivity contribution in [3.05, 3.63) is 71.8 Å². The summed E-state index contributed by atoms with van der Waals surface area (Å²) in [6.07, 6.45) is 3.02. The lowest BCUT2D eigenvalue weighted by Crippen LogP contribution is -2.26. The summed E-state index contributed by atoms with van der Waals surface area (Å²) < 4.78 is 57.3. The average molecular weight is 566 g/mol. The standard InChI is InChI=1S/C21H19N5O2.2CH4O3S/c22-25-13-14-1-2-17-12-19(8-5-16(17)11-14)28-20(27)15-3-6-18(7-4-15)26-21-23-9-10-24-21;2*1-5(2,3)4/h1-8,11-13H,9-10,22H2,(H2,23,24,26);2*1H3,(H,2,3,4)/b25-13+;;. The largest absolute Gasteiger partial charge is 0.423 e.